The van der Waals surface area contributed by atoms with Gasteiger partial charge in [-0.15, -0.1) is 11.3 Å². The van der Waals surface area contributed by atoms with Crippen molar-refractivity contribution in [2.75, 3.05) is 27.4 Å². The summed E-state index contributed by atoms with van der Waals surface area (Å²) in [5, 5.41) is 9.77. The molecular weight excluding hydrogens is 880 g/mol. The Balaban J connectivity index is 1.61. The molecule has 0 spiro atoms. The largest absolute Gasteiger partial charge is 0.497 e. The Hall–Kier alpha value is -4.20. The predicted molar refractivity (Wildman–Crippen MR) is 261 cm³/mol. The number of aryl methyl sites for hydroxylation is 2. The number of hydrogen-bond donors (Lipinski definition) is 1. The Morgan fingerprint density at radius 1 is 0.877 bits per heavy atom. The van der Waals surface area contributed by atoms with Crippen LogP contribution in [0.4, 0.5) is 0 Å². The van der Waals surface area contributed by atoms with Crippen LogP contribution in [0.2, 0.25) is 18.1 Å². The van der Waals surface area contributed by atoms with Gasteiger partial charge in [-0.1, -0.05) is 75.4 Å². The second-order valence-corrected chi connectivity index (χ2v) is 25.8. The van der Waals surface area contributed by atoms with E-state index in [0.29, 0.717) is 21.7 Å². The van der Waals surface area contributed by atoms with E-state index in [2.05, 4.69) is 77.3 Å². The van der Waals surface area contributed by atoms with Gasteiger partial charge in [0.25, 0.3) is 14.1 Å². The molecule has 0 saturated carbocycles. The summed E-state index contributed by atoms with van der Waals surface area (Å²) in [4.78, 5) is 31.9. The van der Waals surface area contributed by atoms with Gasteiger partial charge in [-0.05, 0) is 106 Å². The minimum Gasteiger partial charge on any atom is -0.497 e. The van der Waals surface area contributed by atoms with E-state index in [1.54, 1.807) is 14.2 Å². The average Bonchev–Trinajstić information content (AvgIpc) is 3.74. The van der Waals surface area contributed by atoms with Gasteiger partial charge in [-0.2, -0.15) is 5.26 Å². The molecular formula is C49H65N4O9PSSi. The summed E-state index contributed by atoms with van der Waals surface area (Å²) in [6, 6.07) is 27.8. The van der Waals surface area contributed by atoms with Crippen LogP contribution < -0.4 is 20.7 Å². The van der Waals surface area contributed by atoms with Crippen molar-refractivity contribution in [2.24, 2.45) is 0 Å². The summed E-state index contributed by atoms with van der Waals surface area (Å²) in [5.41, 5.74) is 0.998. The minimum atomic E-state index is -2.70. The third kappa shape index (κ3) is 10.4. The molecule has 1 unspecified atom stereocenters. The summed E-state index contributed by atoms with van der Waals surface area (Å²) in [6.45, 7) is 23.0. The zero-order chi connectivity index (χ0) is 47.4. The first-order chi connectivity index (χ1) is 30.8. The molecule has 6 rings (SSSR count). The lowest BCUT2D eigenvalue weighted by molar-refractivity contribution is -0.0932. The molecule has 1 saturated heterocycles. The zero-order valence-corrected chi connectivity index (χ0v) is 42.7. The van der Waals surface area contributed by atoms with Gasteiger partial charge >= 0.3 is 5.69 Å². The molecule has 0 bridgehead atoms. The van der Waals surface area contributed by atoms with E-state index in [4.69, 9.17) is 32.4 Å². The fraction of sp³-hybridized carbons (Fsp3) is 0.490. The number of ether oxygens (including phenoxy) is 4. The van der Waals surface area contributed by atoms with Crippen molar-refractivity contribution >= 4 is 38.4 Å². The lowest BCUT2D eigenvalue weighted by atomic mass is 9.80. The van der Waals surface area contributed by atoms with Crippen molar-refractivity contribution in [1.29, 1.82) is 5.26 Å². The van der Waals surface area contributed by atoms with Crippen molar-refractivity contribution < 1.29 is 32.4 Å². The molecule has 0 amide bonds. The quantitative estimate of drug-likeness (QED) is 0.0365. The Morgan fingerprint density at radius 3 is 1.94 bits per heavy atom. The monoisotopic (exact) mass is 944 g/mol. The second kappa shape index (κ2) is 20.8. The van der Waals surface area contributed by atoms with Crippen molar-refractivity contribution in [1.82, 2.24) is 14.2 Å². The lowest BCUT2D eigenvalue weighted by Gasteiger charge is -2.42. The van der Waals surface area contributed by atoms with E-state index in [0.717, 1.165) is 27.1 Å². The normalized spacial score (nSPS) is 18.8. The number of rotatable bonds is 19. The molecule has 16 heteroatoms. The Kier molecular flexibility index (Phi) is 16.0. The SMILES string of the molecule is COc1ccc(C(OC[C@H]2O[C@@H](n3c(=O)[nH]c(=O)c4c(C)c(C)sc43)[C@H](O[Si](C)(C)C(C)(C)C)[C@@H]2OP(OCCC#N)N(C(C)C)C(C)C)(c2ccccc2)c2ccc(OC)cc2)cc1. The van der Waals surface area contributed by atoms with Crippen LogP contribution in [0, 0.1) is 25.2 Å². The highest BCUT2D eigenvalue weighted by atomic mass is 32.1. The van der Waals surface area contributed by atoms with E-state index in [-0.39, 0.29) is 36.8 Å². The first kappa shape index (κ1) is 50.2. The van der Waals surface area contributed by atoms with Crippen LogP contribution in [0.1, 0.15) is 88.2 Å². The number of benzene rings is 3. The number of methoxy groups -OCH3 is 2. The van der Waals surface area contributed by atoms with E-state index in [9.17, 15) is 14.9 Å². The van der Waals surface area contributed by atoms with Crippen molar-refractivity contribution in [3.63, 3.8) is 0 Å². The summed E-state index contributed by atoms with van der Waals surface area (Å²) in [6.07, 6.45) is -3.56. The minimum absolute atomic E-state index is 0.00911. The van der Waals surface area contributed by atoms with Crippen LogP contribution >= 0.6 is 19.9 Å². The Labute approximate surface area is 389 Å². The van der Waals surface area contributed by atoms with E-state index in [1.165, 1.54) is 15.9 Å². The van der Waals surface area contributed by atoms with Gasteiger partial charge in [-0.3, -0.25) is 14.3 Å². The molecule has 65 heavy (non-hydrogen) atoms. The van der Waals surface area contributed by atoms with Crippen LogP contribution in [-0.2, 0) is 28.5 Å². The molecule has 1 aliphatic heterocycles. The van der Waals surface area contributed by atoms with Crippen LogP contribution in [-0.4, -0.2) is 80.4 Å². The van der Waals surface area contributed by atoms with Crippen LogP contribution in [0.25, 0.3) is 10.2 Å². The summed E-state index contributed by atoms with van der Waals surface area (Å²) < 4.78 is 51.0. The van der Waals surface area contributed by atoms with E-state index in [1.807, 2.05) is 92.7 Å². The van der Waals surface area contributed by atoms with Crippen LogP contribution in [0.15, 0.2) is 88.5 Å². The molecule has 350 valence electrons. The molecule has 1 fully saturated rings. The number of nitriles is 1. The Morgan fingerprint density at radius 2 is 1.43 bits per heavy atom. The highest BCUT2D eigenvalue weighted by Gasteiger charge is 2.55. The average molecular weight is 945 g/mol. The van der Waals surface area contributed by atoms with E-state index >= 15 is 0 Å². The maximum Gasteiger partial charge on any atom is 0.331 e. The van der Waals surface area contributed by atoms with Crippen molar-refractivity contribution in [2.45, 2.75) is 129 Å². The van der Waals surface area contributed by atoms with Gasteiger partial charge < -0.3 is 32.4 Å². The zero-order valence-electron chi connectivity index (χ0n) is 40.0. The topological polar surface area (TPSA) is 147 Å². The highest BCUT2D eigenvalue weighted by Crippen LogP contribution is 2.53. The molecule has 3 heterocycles. The standard InChI is InChI=1S/C49H65N4O9PSSi/c1-31(2)53(32(3)4)63(59-29-17-28-50)61-42-40(60-45(43(42)62-65(12,13)48(7,8)9)52-46-41(33(5)34(6)64-46)44(54)51-47(52)55)30-58-49(35-18-15-14-16-19-35,36-20-24-38(56-10)25-21-36)37-22-26-39(57-11)27-23-37/h14-16,18-27,31-32,40,42-43,45H,17,29-30H2,1-13H3,(H,51,54,55)/t40-,42-,43-,45-,63?/m1/s1. The van der Waals surface area contributed by atoms with Crippen LogP contribution in [0.3, 0.4) is 0 Å². The summed E-state index contributed by atoms with van der Waals surface area (Å²) >= 11 is 1.37. The Bertz CT molecular complexity index is 2480. The molecule has 0 aliphatic carbocycles. The number of nitrogens with zero attached hydrogens (tertiary/aromatic N) is 3. The summed E-state index contributed by atoms with van der Waals surface area (Å²) in [7, 11) is -1.29. The molecule has 5 atom stereocenters. The van der Waals surface area contributed by atoms with Crippen molar-refractivity contribution in [3.05, 3.63) is 127 Å². The van der Waals surface area contributed by atoms with Gasteiger partial charge in [0.05, 0.1) is 45.3 Å². The van der Waals surface area contributed by atoms with E-state index < -0.39 is 58.2 Å². The maximum absolute atomic E-state index is 14.4. The fourth-order valence-electron chi connectivity index (χ4n) is 8.09. The fourth-order valence-corrected chi connectivity index (χ4v) is 12.3. The summed E-state index contributed by atoms with van der Waals surface area (Å²) in [5.74, 6) is 1.38. The predicted octanol–water partition coefficient (Wildman–Crippen LogP) is 10.3. The number of aromatic nitrogens is 2. The molecule has 0 radical (unpaired) electrons. The van der Waals surface area contributed by atoms with Gasteiger partial charge in [0.1, 0.15) is 40.2 Å². The number of hydrogen-bond acceptors (Lipinski definition) is 12. The molecule has 1 N–H and O–H groups in total. The van der Waals surface area contributed by atoms with Crippen molar-refractivity contribution in [3.8, 4) is 17.6 Å². The van der Waals surface area contributed by atoms with Gasteiger partial charge in [0, 0.05) is 17.0 Å². The van der Waals surface area contributed by atoms with Crippen LogP contribution in [0.5, 0.6) is 11.5 Å². The molecule has 3 aromatic carbocycles. The van der Waals surface area contributed by atoms with Gasteiger partial charge in [0.2, 0.25) is 0 Å². The molecule has 13 nitrogen and oxygen atoms in total. The first-order valence-corrected chi connectivity index (χ1v) is 27.0. The number of fused-ring (bicyclic) bond motifs is 1. The molecule has 2 aromatic heterocycles. The first-order valence-electron chi connectivity index (χ1n) is 22.1. The lowest BCUT2D eigenvalue weighted by Crippen LogP contribution is -2.51. The number of nitrogens with one attached hydrogen (secondary N) is 1. The number of thiophene rings is 1. The molecule has 5 aromatic rings. The third-order valence-electron chi connectivity index (χ3n) is 12.5. The number of aromatic amines is 1. The third-order valence-corrected chi connectivity index (χ3v) is 20.3. The highest BCUT2D eigenvalue weighted by molar-refractivity contribution is 7.44. The second-order valence-electron chi connectivity index (χ2n) is 18.4. The maximum atomic E-state index is 14.4. The van der Waals surface area contributed by atoms with Gasteiger partial charge in [0.15, 0.2) is 14.5 Å². The number of H-pyrrole nitrogens is 1. The van der Waals surface area contributed by atoms with Gasteiger partial charge in [-0.25, -0.2) is 9.46 Å². The smallest absolute Gasteiger partial charge is 0.331 e. The molecule has 1 aliphatic rings.